The third kappa shape index (κ3) is 2.28. The average molecular weight is 244 g/mol. The lowest BCUT2D eigenvalue weighted by Crippen LogP contribution is -2.37. The van der Waals surface area contributed by atoms with Gasteiger partial charge in [-0.15, -0.1) is 0 Å². The minimum Gasteiger partial charge on any atom is -0.495 e. The molecule has 1 aromatic carbocycles. The van der Waals surface area contributed by atoms with E-state index in [1.54, 1.807) is 24.3 Å². The van der Waals surface area contributed by atoms with Crippen LogP contribution in [0.5, 0.6) is 5.75 Å². The Morgan fingerprint density at radius 3 is 2.19 bits per heavy atom. The Labute approximate surface area is 96.4 Å². The standard InChI is InChI=1S/C10H16N2O3S/c1-11(2)16(13,14)12(3)9-7-5-6-8-10(9)15-4/h5-8H,1-4H3. The predicted octanol–water partition coefficient (Wildman–Crippen LogP) is 0.938. The zero-order valence-corrected chi connectivity index (χ0v) is 10.7. The van der Waals surface area contributed by atoms with Crippen molar-refractivity contribution in [3.05, 3.63) is 24.3 Å². The fourth-order valence-electron chi connectivity index (χ4n) is 1.26. The van der Waals surface area contributed by atoms with Gasteiger partial charge in [-0.25, -0.2) is 0 Å². The third-order valence-electron chi connectivity index (χ3n) is 2.23. The number of benzene rings is 1. The Hall–Kier alpha value is -1.27. The van der Waals surface area contributed by atoms with Crippen molar-refractivity contribution in [2.75, 3.05) is 32.6 Å². The highest BCUT2D eigenvalue weighted by Gasteiger charge is 2.22. The molecule has 0 fully saturated rings. The Balaban J connectivity index is 3.20. The summed E-state index contributed by atoms with van der Waals surface area (Å²) in [6, 6.07) is 6.97. The zero-order chi connectivity index (χ0) is 12.3. The van der Waals surface area contributed by atoms with Crippen molar-refractivity contribution >= 4 is 15.9 Å². The first-order valence-corrected chi connectivity index (χ1v) is 6.10. The van der Waals surface area contributed by atoms with Crippen molar-refractivity contribution in [1.29, 1.82) is 0 Å². The molecule has 16 heavy (non-hydrogen) atoms. The highest BCUT2D eigenvalue weighted by molar-refractivity contribution is 7.90. The first-order valence-electron chi connectivity index (χ1n) is 4.70. The van der Waals surface area contributed by atoms with Crippen LogP contribution in [0.2, 0.25) is 0 Å². The molecule has 1 rings (SSSR count). The smallest absolute Gasteiger partial charge is 0.303 e. The van der Waals surface area contributed by atoms with Gasteiger partial charge in [-0.2, -0.15) is 12.7 Å². The van der Waals surface area contributed by atoms with Crippen molar-refractivity contribution in [3.8, 4) is 5.75 Å². The van der Waals surface area contributed by atoms with Crippen LogP contribution in [0, 0.1) is 0 Å². The van der Waals surface area contributed by atoms with Gasteiger partial charge in [-0.3, -0.25) is 4.31 Å². The second-order valence-electron chi connectivity index (χ2n) is 3.43. The molecule has 0 aliphatic heterocycles. The maximum absolute atomic E-state index is 11.9. The van der Waals surface area contributed by atoms with Crippen LogP contribution in [0.15, 0.2) is 24.3 Å². The molecule has 90 valence electrons. The molecule has 0 aliphatic rings. The molecule has 0 amide bonds. The van der Waals surface area contributed by atoms with E-state index in [-0.39, 0.29) is 0 Å². The summed E-state index contributed by atoms with van der Waals surface area (Å²) in [6.07, 6.45) is 0. The Morgan fingerprint density at radius 1 is 1.12 bits per heavy atom. The molecule has 0 saturated heterocycles. The number of anilines is 1. The second kappa shape index (κ2) is 4.71. The summed E-state index contributed by atoms with van der Waals surface area (Å²) in [6.45, 7) is 0. The molecule has 0 aromatic heterocycles. The van der Waals surface area contributed by atoms with E-state index in [1.807, 2.05) is 0 Å². The SMILES string of the molecule is COc1ccccc1N(C)S(=O)(=O)N(C)C. The first kappa shape index (κ1) is 12.8. The lowest BCUT2D eigenvalue weighted by Gasteiger charge is -2.24. The molecule has 0 radical (unpaired) electrons. The molecule has 5 nitrogen and oxygen atoms in total. The first-order chi connectivity index (χ1) is 7.41. The fourth-order valence-corrected chi connectivity index (χ4v) is 2.15. The van der Waals surface area contributed by atoms with Crippen molar-refractivity contribution < 1.29 is 13.2 Å². The molecule has 0 aliphatic carbocycles. The summed E-state index contributed by atoms with van der Waals surface area (Å²) in [5.74, 6) is 0.524. The van der Waals surface area contributed by atoms with E-state index in [0.29, 0.717) is 11.4 Å². The minimum absolute atomic E-state index is 0.513. The number of para-hydroxylation sites is 2. The van der Waals surface area contributed by atoms with E-state index < -0.39 is 10.2 Å². The van der Waals surface area contributed by atoms with Gasteiger partial charge < -0.3 is 4.74 Å². The van der Waals surface area contributed by atoms with Crippen LogP contribution < -0.4 is 9.04 Å². The highest BCUT2D eigenvalue weighted by atomic mass is 32.2. The minimum atomic E-state index is -3.48. The maximum atomic E-state index is 11.9. The topological polar surface area (TPSA) is 49.9 Å². The molecule has 0 heterocycles. The second-order valence-corrected chi connectivity index (χ2v) is 5.60. The summed E-state index contributed by atoms with van der Waals surface area (Å²) in [5.41, 5.74) is 0.513. The van der Waals surface area contributed by atoms with Gasteiger partial charge in [0, 0.05) is 21.1 Å². The van der Waals surface area contributed by atoms with Crippen LogP contribution in [0.4, 0.5) is 5.69 Å². The van der Waals surface area contributed by atoms with Crippen LogP contribution in [0.25, 0.3) is 0 Å². The summed E-state index contributed by atoms with van der Waals surface area (Å²) < 4.78 is 31.2. The molecule has 0 N–H and O–H groups in total. The van der Waals surface area contributed by atoms with Crippen LogP contribution in [0.3, 0.4) is 0 Å². The highest BCUT2D eigenvalue weighted by Crippen LogP contribution is 2.28. The van der Waals surface area contributed by atoms with Crippen LogP contribution in [-0.4, -0.2) is 41.0 Å². The molecule has 1 aromatic rings. The van der Waals surface area contributed by atoms with Crippen LogP contribution >= 0.6 is 0 Å². The molecule has 6 heteroatoms. The third-order valence-corrected chi connectivity index (χ3v) is 4.04. The van der Waals surface area contributed by atoms with E-state index >= 15 is 0 Å². The number of ether oxygens (including phenoxy) is 1. The van der Waals surface area contributed by atoms with E-state index in [9.17, 15) is 8.42 Å². The van der Waals surface area contributed by atoms with E-state index in [4.69, 9.17) is 4.74 Å². The number of hydrogen-bond donors (Lipinski definition) is 0. The van der Waals surface area contributed by atoms with Crippen LogP contribution in [-0.2, 0) is 10.2 Å². The zero-order valence-electron chi connectivity index (χ0n) is 9.84. The monoisotopic (exact) mass is 244 g/mol. The largest absolute Gasteiger partial charge is 0.495 e. The fraction of sp³-hybridized carbons (Fsp3) is 0.400. The summed E-state index contributed by atoms with van der Waals surface area (Å²) in [4.78, 5) is 0. The number of hydrogen-bond acceptors (Lipinski definition) is 3. The summed E-state index contributed by atoms with van der Waals surface area (Å²) in [7, 11) is 2.50. The van der Waals surface area contributed by atoms with Crippen molar-refractivity contribution in [1.82, 2.24) is 4.31 Å². The van der Waals surface area contributed by atoms with Gasteiger partial charge in [0.15, 0.2) is 0 Å². The van der Waals surface area contributed by atoms with Gasteiger partial charge in [0.25, 0.3) is 0 Å². The van der Waals surface area contributed by atoms with Gasteiger partial charge in [-0.05, 0) is 12.1 Å². The van der Waals surface area contributed by atoms with Crippen molar-refractivity contribution in [3.63, 3.8) is 0 Å². The molecular formula is C10H16N2O3S. The normalized spacial score (nSPS) is 11.6. The molecule has 0 saturated carbocycles. The summed E-state index contributed by atoms with van der Waals surface area (Å²) in [5, 5.41) is 0. The van der Waals surface area contributed by atoms with Gasteiger partial charge in [0.05, 0.1) is 12.8 Å². The lowest BCUT2D eigenvalue weighted by atomic mass is 10.3. The van der Waals surface area contributed by atoms with E-state index in [1.165, 1.54) is 32.6 Å². The van der Waals surface area contributed by atoms with Crippen molar-refractivity contribution in [2.45, 2.75) is 0 Å². The van der Waals surface area contributed by atoms with Crippen molar-refractivity contribution in [2.24, 2.45) is 0 Å². The Morgan fingerprint density at radius 2 is 1.69 bits per heavy atom. The molecule has 0 unspecified atom stereocenters. The maximum Gasteiger partial charge on any atom is 0.303 e. The Kier molecular flexibility index (Phi) is 3.77. The summed E-state index contributed by atoms with van der Waals surface area (Å²) >= 11 is 0. The number of rotatable bonds is 4. The van der Waals surface area contributed by atoms with E-state index in [0.717, 1.165) is 4.31 Å². The quantitative estimate of drug-likeness (QED) is 0.792. The van der Waals surface area contributed by atoms with Gasteiger partial charge in [0.1, 0.15) is 5.75 Å². The number of methoxy groups -OCH3 is 1. The average Bonchev–Trinajstić information content (AvgIpc) is 2.27. The van der Waals surface area contributed by atoms with Gasteiger partial charge in [0.2, 0.25) is 0 Å². The molecular weight excluding hydrogens is 228 g/mol. The van der Waals surface area contributed by atoms with Crippen LogP contribution in [0.1, 0.15) is 0 Å². The lowest BCUT2D eigenvalue weighted by molar-refractivity contribution is 0.415. The number of nitrogens with zero attached hydrogens (tertiary/aromatic N) is 2. The molecule has 0 atom stereocenters. The Bertz CT molecular complexity index is 457. The van der Waals surface area contributed by atoms with E-state index in [2.05, 4.69) is 0 Å². The van der Waals surface area contributed by atoms with Gasteiger partial charge in [-0.1, -0.05) is 12.1 Å². The molecule has 0 spiro atoms. The molecule has 0 bridgehead atoms. The predicted molar refractivity (Wildman–Crippen MR) is 64.0 cm³/mol. The van der Waals surface area contributed by atoms with Gasteiger partial charge >= 0.3 is 10.2 Å².